The number of carbonyl (C=O) groups is 1. The molecular weight excluding hydrogens is 368 g/mol. The second-order valence-electron chi connectivity index (χ2n) is 6.57. The number of nitrogens with two attached hydrogens (primary N) is 1. The number of hydrogen-bond acceptors (Lipinski definition) is 5. The van der Waals surface area contributed by atoms with Crippen LogP contribution in [0.25, 0.3) is 0 Å². The molecule has 1 aliphatic rings. The van der Waals surface area contributed by atoms with Crippen molar-refractivity contribution in [1.29, 1.82) is 0 Å². The number of benzene rings is 2. The van der Waals surface area contributed by atoms with Gasteiger partial charge in [0.15, 0.2) is 0 Å². The molecule has 1 fully saturated rings. The third kappa shape index (κ3) is 5.60. The van der Waals surface area contributed by atoms with E-state index in [0.717, 1.165) is 25.3 Å². The molecule has 2 aromatic rings. The minimum absolute atomic E-state index is 0.0786. The third-order valence-electron chi connectivity index (χ3n) is 4.40. The lowest BCUT2D eigenvalue weighted by atomic mass is 10.2. The Balaban J connectivity index is 1.44. The summed E-state index contributed by atoms with van der Waals surface area (Å²) in [6.07, 6.45) is 0.288. The molecule has 27 heavy (non-hydrogen) atoms. The van der Waals surface area contributed by atoms with Crippen LogP contribution < -0.4 is 15.2 Å². The largest absolute Gasteiger partial charge is 0.490 e. The van der Waals surface area contributed by atoms with E-state index < -0.39 is 12.0 Å². The number of nitrogens with zero attached hydrogens (tertiary/aromatic N) is 1. The predicted octanol–water partition coefficient (Wildman–Crippen LogP) is 2.33. The van der Waals surface area contributed by atoms with E-state index >= 15 is 0 Å². The van der Waals surface area contributed by atoms with Crippen molar-refractivity contribution in [3.8, 4) is 11.5 Å². The van der Waals surface area contributed by atoms with Crippen LogP contribution in [0.2, 0.25) is 5.02 Å². The molecule has 1 saturated heterocycles. The van der Waals surface area contributed by atoms with E-state index in [1.165, 1.54) is 0 Å². The van der Waals surface area contributed by atoms with Crippen LogP contribution in [0.4, 0.5) is 0 Å². The number of aliphatic hydroxyl groups is 1. The molecule has 0 spiro atoms. The summed E-state index contributed by atoms with van der Waals surface area (Å²) in [5, 5.41) is 10.9. The summed E-state index contributed by atoms with van der Waals surface area (Å²) in [5.74, 6) is 0.620. The standard InChI is InChI=1S/C20H23ClN2O4/c21-14-5-7-16(8-6-14)27-17-9-10-23(12-17)11-15(24)13-26-19-4-2-1-3-18(19)20(22)25/h1-8,15,17,24H,9-13H2,(H2,22,25). The first-order chi connectivity index (χ1) is 13.0. The van der Waals surface area contributed by atoms with Crippen LogP contribution in [0.5, 0.6) is 11.5 Å². The molecule has 144 valence electrons. The third-order valence-corrected chi connectivity index (χ3v) is 4.65. The van der Waals surface area contributed by atoms with E-state index in [1.54, 1.807) is 36.4 Å². The average Bonchev–Trinajstić information content (AvgIpc) is 3.09. The monoisotopic (exact) mass is 390 g/mol. The van der Waals surface area contributed by atoms with E-state index in [4.69, 9.17) is 26.8 Å². The zero-order valence-electron chi connectivity index (χ0n) is 14.9. The van der Waals surface area contributed by atoms with E-state index in [1.807, 2.05) is 12.1 Å². The second-order valence-corrected chi connectivity index (χ2v) is 7.00. The summed E-state index contributed by atoms with van der Waals surface area (Å²) >= 11 is 5.88. The predicted molar refractivity (Wildman–Crippen MR) is 103 cm³/mol. The highest BCUT2D eigenvalue weighted by Gasteiger charge is 2.26. The lowest BCUT2D eigenvalue weighted by Crippen LogP contribution is -2.35. The molecule has 3 N–H and O–H groups in total. The molecule has 0 radical (unpaired) electrons. The highest BCUT2D eigenvalue weighted by Crippen LogP contribution is 2.21. The fraction of sp³-hybridized carbons (Fsp3) is 0.350. The number of aliphatic hydroxyl groups excluding tert-OH is 1. The summed E-state index contributed by atoms with van der Waals surface area (Å²) in [5.41, 5.74) is 5.64. The highest BCUT2D eigenvalue weighted by atomic mass is 35.5. The SMILES string of the molecule is NC(=O)c1ccccc1OCC(O)CN1CCC(Oc2ccc(Cl)cc2)C1. The molecule has 6 nitrogen and oxygen atoms in total. The Bertz CT molecular complexity index is 769. The molecule has 0 aliphatic carbocycles. The van der Waals surface area contributed by atoms with Gasteiger partial charge in [0.05, 0.1) is 5.56 Å². The normalized spacial score (nSPS) is 18.2. The smallest absolute Gasteiger partial charge is 0.252 e. The van der Waals surface area contributed by atoms with Crippen LogP contribution in [-0.4, -0.2) is 54.4 Å². The van der Waals surface area contributed by atoms with Gasteiger partial charge in [0.1, 0.15) is 30.3 Å². The minimum atomic E-state index is -0.680. The Labute approximate surface area is 163 Å². The average molecular weight is 391 g/mol. The summed E-state index contributed by atoms with van der Waals surface area (Å²) in [7, 11) is 0. The van der Waals surface area contributed by atoms with Gasteiger partial charge in [0.2, 0.25) is 0 Å². The Morgan fingerprint density at radius 3 is 2.74 bits per heavy atom. The Morgan fingerprint density at radius 1 is 1.26 bits per heavy atom. The molecule has 0 saturated carbocycles. The summed E-state index contributed by atoms with van der Waals surface area (Å²) in [6, 6.07) is 14.0. The van der Waals surface area contributed by atoms with Crippen LogP contribution in [-0.2, 0) is 0 Å². The fourth-order valence-electron chi connectivity index (χ4n) is 3.10. The number of amides is 1. The topological polar surface area (TPSA) is 85.0 Å². The molecule has 0 aromatic heterocycles. The first-order valence-corrected chi connectivity index (χ1v) is 9.23. The highest BCUT2D eigenvalue weighted by molar-refractivity contribution is 6.30. The van der Waals surface area contributed by atoms with Crippen molar-refractivity contribution >= 4 is 17.5 Å². The van der Waals surface area contributed by atoms with E-state index in [0.29, 0.717) is 22.9 Å². The summed E-state index contributed by atoms with van der Waals surface area (Å²) in [6.45, 7) is 2.13. The first-order valence-electron chi connectivity index (χ1n) is 8.85. The number of rotatable bonds is 8. The van der Waals surface area contributed by atoms with Crippen molar-refractivity contribution in [2.45, 2.75) is 18.6 Å². The van der Waals surface area contributed by atoms with Gasteiger partial charge in [-0.3, -0.25) is 9.69 Å². The summed E-state index contributed by atoms with van der Waals surface area (Å²) < 4.78 is 11.5. The van der Waals surface area contributed by atoms with Crippen LogP contribution in [0.1, 0.15) is 16.8 Å². The molecule has 1 amide bonds. The number of likely N-dealkylation sites (tertiary alicyclic amines) is 1. The number of hydrogen-bond donors (Lipinski definition) is 2. The number of β-amino-alcohol motifs (C(OH)–C–C–N with tert-alkyl or cyclic N) is 1. The number of para-hydroxylation sites is 1. The van der Waals surface area contributed by atoms with Gasteiger partial charge >= 0.3 is 0 Å². The van der Waals surface area contributed by atoms with Crippen molar-refractivity contribution in [2.24, 2.45) is 5.73 Å². The van der Waals surface area contributed by atoms with Gasteiger partial charge in [-0.15, -0.1) is 0 Å². The summed E-state index contributed by atoms with van der Waals surface area (Å²) in [4.78, 5) is 13.5. The number of carbonyl (C=O) groups excluding carboxylic acids is 1. The van der Waals surface area contributed by atoms with Crippen LogP contribution >= 0.6 is 11.6 Å². The van der Waals surface area contributed by atoms with Gasteiger partial charge in [-0.25, -0.2) is 0 Å². The molecule has 0 bridgehead atoms. The Morgan fingerprint density at radius 2 is 2.00 bits per heavy atom. The van der Waals surface area contributed by atoms with Crippen LogP contribution in [0, 0.1) is 0 Å². The van der Waals surface area contributed by atoms with Gasteiger partial charge in [-0.05, 0) is 42.8 Å². The molecule has 2 aromatic carbocycles. The molecule has 1 heterocycles. The maximum atomic E-state index is 11.4. The van der Waals surface area contributed by atoms with E-state index in [9.17, 15) is 9.90 Å². The van der Waals surface area contributed by atoms with Crippen molar-refractivity contribution in [1.82, 2.24) is 4.90 Å². The first kappa shape index (κ1) is 19.5. The van der Waals surface area contributed by atoms with Crippen molar-refractivity contribution < 1.29 is 19.4 Å². The van der Waals surface area contributed by atoms with Gasteiger partial charge in [0.25, 0.3) is 5.91 Å². The maximum absolute atomic E-state index is 11.4. The van der Waals surface area contributed by atoms with Gasteiger partial charge in [-0.2, -0.15) is 0 Å². The van der Waals surface area contributed by atoms with Gasteiger partial charge in [-0.1, -0.05) is 23.7 Å². The van der Waals surface area contributed by atoms with E-state index in [2.05, 4.69) is 4.90 Å². The molecule has 1 aliphatic heterocycles. The molecule has 3 rings (SSSR count). The van der Waals surface area contributed by atoms with Crippen molar-refractivity contribution in [2.75, 3.05) is 26.2 Å². The molecular formula is C20H23ClN2O4. The molecule has 7 heteroatoms. The van der Waals surface area contributed by atoms with Crippen molar-refractivity contribution in [3.63, 3.8) is 0 Å². The van der Waals surface area contributed by atoms with Crippen molar-refractivity contribution in [3.05, 3.63) is 59.1 Å². The number of halogens is 1. The maximum Gasteiger partial charge on any atom is 0.252 e. The lowest BCUT2D eigenvalue weighted by Gasteiger charge is -2.21. The minimum Gasteiger partial charge on any atom is -0.490 e. The quantitative estimate of drug-likeness (QED) is 0.722. The fourth-order valence-corrected chi connectivity index (χ4v) is 3.22. The Hall–Kier alpha value is -2.28. The van der Waals surface area contributed by atoms with Crippen LogP contribution in [0.3, 0.4) is 0 Å². The lowest BCUT2D eigenvalue weighted by molar-refractivity contribution is 0.0711. The second kappa shape index (κ2) is 9.08. The molecule has 2 unspecified atom stereocenters. The number of primary amides is 1. The zero-order valence-corrected chi connectivity index (χ0v) is 15.6. The number of ether oxygens (including phenoxy) is 2. The van der Waals surface area contributed by atoms with Gasteiger partial charge in [0, 0.05) is 24.7 Å². The van der Waals surface area contributed by atoms with E-state index in [-0.39, 0.29) is 12.7 Å². The Kier molecular flexibility index (Phi) is 6.55. The van der Waals surface area contributed by atoms with Crippen LogP contribution in [0.15, 0.2) is 48.5 Å². The molecule has 2 atom stereocenters. The zero-order chi connectivity index (χ0) is 19.2. The van der Waals surface area contributed by atoms with Gasteiger partial charge < -0.3 is 20.3 Å².